The molecule has 1 aromatic rings. The predicted molar refractivity (Wildman–Crippen MR) is 77.5 cm³/mol. The zero-order chi connectivity index (χ0) is 11.8. The molecule has 1 saturated carbocycles. The summed E-state index contributed by atoms with van der Waals surface area (Å²) < 4.78 is 0. The van der Waals surface area contributed by atoms with Gasteiger partial charge in [-0.25, -0.2) is 0 Å². The molecule has 94 valence electrons. The van der Waals surface area contributed by atoms with Crippen molar-refractivity contribution >= 4 is 11.8 Å². The van der Waals surface area contributed by atoms with E-state index in [4.69, 9.17) is 0 Å². The van der Waals surface area contributed by atoms with E-state index in [1.807, 2.05) is 0 Å². The van der Waals surface area contributed by atoms with E-state index in [0.29, 0.717) is 0 Å². The van der Waals surface area contributed by atoms with Gasteiger partial charge in [0.25, 0.3) is 0 Å². The fraction of sp³-hybridized carbons (Fsp3) is 0.600. The monoisotopic (exact) mass is 249 g/mol. The molecule has 17 heavy (non-hydrogen) atoms. The van der Waals surface area contributed by atoms with Gasteiger partial charge in [0.2, 0.25) is 0 Å². The van der Waals surface area contributed by atoms with E-state index < -0.39 is 0 Å². The minimum absolute atomic E-state index is 0.947. The summed E-state index contributed by atoms with van der Waals surface area (Å²) in [4.78, 5) is 0. The Bertz CT molecular complexity index is 293. The molecule has 0 spiro atoms. The molecule has 0 bridgehead atoms. The first-order valence-corrected chi connectivity index (χ1v) is 7.86. The van der Waals surface area contributed by atoms with Crippen molar-refractivity contribution in [1.82, 2.24) is 5.32 Å². The van der Waals surface area contributed by atoms with Crippen LogP contribution in [0, 0.1) is 0 Å². The van der Waals surface area contributed by atoms with Crippen LogP contribution in [-0.2, 0) is 6.54 Å². The number of nitrogens with one attached hydrogen (secondary N) is 1. The summed E-state index contributed by atoms with van der Waals surface area (Å²) in [5.41, 5.74) is 1.38. The Morgan fingerprint density at radius 2 is 1.82 bits per heavy atom. The van der Waals surface area contributed by atoms with Crippen molar-refractivity contribution in [3.8, 4) is 0 Å². The molecule has 0 heterocycles. The third-order valence-corrected chi connectivity index (χ3v) is 4.74. The van der Waals surface area contributed by atoms with Crippen LogP contribution in [0.4, 0.5) is 0 Å². The van der Waals surface area contributed by atoms with Crippen molar-refractivity contribution in [3.63, 3.8) is 0 Å². The molecule has 1 aliphatic carbocycles. The van der Waals surface area contributed by atoms with E-state index in [9.17, 15) is 0 Å². The molecule has 0 aliphatic heterocycles. The maximum atomic E-state index is 3.52. The fourth-order valence-electron chi connectivity index (χ4n) is 2.36. The summed E-state index contributed by atoms with van der Waals surface area (Å²) in [6.45, 7) is 2.14. The van der Waals surface area contributed by atoms with Gasteiger partial charge >= 0.3 is 0 Å². The molecule has 2 heteroatoms. The van der Waals surface area contributed by atoms with Crippen LogP contribution in [0.2, 0.25) is 0 Å². The number of thioether (sulfide) groups is 1. The van der Waals surface area contributed by atoms with E-state index in [1.165, 1.54) is 43.4 Å². The second-order valence-electron chi connectivity index (χ2n) is 4.79. The average Bonchev–Trinajstić information content (AvgIpc) is 2.41. The zero-order valence-electron chi connectivity index (χ0n) is 10.5. The summed E-state index contributed by atoms with van der Waals surface area (Å²) in [6, 6.07) is 10.6. The normalized spacial score (nSPS) is 17.2. The SMILES string of the molecule is c1ccc(CNCCSC2CCCCC2)cc1. The van der Waals surface area contributed by atoms with Gasteiger partial charge in [-0.05, 0) is 18.4 Å². The number of hydrogen-bond acceptors (Lipinski definition) is 2. The van der Waals surface area contributed by atoms with E-state index in [2.05, 4.69) is 47.4 Å². The highest BCUT2D eigenvalue weighted by atomic mass is 32.2. The lowest BCUT2D eigenvalue weighted by Crippen LogP contribution is -2.18. The lowest BCUT2D eigenvalue weighted by molar-refractivity contribution is 0.516. The summed E-state index contributed by atoms with van der Waals surface area (Å²) in [5.74, 6) is 1.26. The Labute approximate surface area is 109 Å². The molecule has 1 N–H and O–H groups in total. The van der Waals surface area contributed by atoms with Crippen molar-refractivity contribution in [3.05, 3.63) is 35.9 Å². The van der Waals surface area contributed by atoms with Crippen LogP contribution in [0.1, 0.15) is 37.7 Å². The quantitative estimate of drug-likeness (QED) is 0.769. The maximum absolute atomic E-state index is 3.52. The standard InChI is InChI=1S/C15H23NS/c1-3-7-14(8-4-1)13-16-11-12-17-15-9-5-2-6-10-15/h1,3-4,7-8,15-16H,2,5-6,9-13H2. The van der Waals surface area contributed by atoms with Gasteiger partial charge in [0, 0.05) is 24.1 Å². The molecule has 0 radical (unpaired) electrons. The van der Waals surface area contributed by atoms with Gasteiger partial charge in [-0.15, -0.1) is 0 Å². The molecule has 0 atom stereocenters. The minimum atomic E-state index is 0.947. The van der Waals surface area contributed by atoms with E-state index >= 15 is 0 Å². The Hall–Kier alpha value is -0.470. The molecule has 2 rings (SSSR count). The molecule has 1 nitrogen and oxygen atoms in total. The summed E-state index contributed by atoms with van der Waals surface area (Å²) >= 11 is 2.17. The van der Waals surface area contributed by atoms with Crippen LogP contribution >= 0.6 is 11.8 Å². The first-order chi connectivity index (χ1) is 8.45. The van der Waals surface area contributed by atoms with Crippen LogP contribution in [0.5, 0.6) is 0 Å². The first kappa shape index (κ1) is 13.0. The lowest BCUT2D eigenvalue weighted by Gasteiger charge is -2.20. The third kappa shape index (κ3) is 5.13. The van der Waals surface area contributed by atoms with E-state index in [0.717, 1.165) is 18.3 Å². The fourth-order valence-corrected chi connectivity index (χ4v) is 3.62. The molecule has 0 saturated heterocycles. The van der Waals surface area contributed by atoms with Gasteiger partial charge in [-0.2, -0.15) is 11.8 Å². The highest BCUT2D eigenvalue weighted by Gasteiger charge is 2.12. The van der Waals surface area contributed by atoms with Crippen molar-refractivity contribution < 1.29 is 0 Å². The van der Waals surface area contributed by atoms with Crippen molar-refractivity contribution in [2.75, 3.05) is 12.3 Å². The smallest absolute Gasteiger partial charge is 0.0205 e. The van der Waals surface area contributed by atoms with Gasteiger partial charge in [0.05, 0.1) is 0 Å². The topological polar surface area (TPSA) is 12.0 Å². The molecule has 0 unspecified atom stereocenters. The Balaban J connectivity index is 1.51. The van der Waals surface area contributed by atoms with Crippen LogP contribution < -0.4 is 5.32 Å². The second kappa shape index (κ2) is 7.78. The Morgan fingerprint density at radius 1 is 1.06 bits per heavy atom. The summed E-state index contributed by atoms with van der Waals surface area (Å²) in [5, 5.41) is 4.47. The number of rotatable bonds is 6. The number of benzene rings is 1. The van der Waals surface area contributed by atoms with Crippen molar-refractivity contribution in [1.29, 1.82) is 0 Å². The van der Waals surface area contributed by atoms with E-state index in [1.54, 1.807) is 0 Å². The minimum Gasteiger partial charge on any atom is -0.312 e. The largest absolute Gasteiger partial charge is 0.312 e. The average molecular weight is 249 g/mol. The molecule has 1 aromatic carbocycles. The van der Waals surface area contributed by atoms with Gasteiger partial charge in [0.1, 0.15) is 0 Å². The predicted octanol–water partition coefficient (Wildman–Crippen LogP) is 3.84. The maximum Gasteiger partial charge on any atom is 0.0205 e. The Kier molecular flexibility index (Phi) is 5.94. The highest BCUT2D eigenvalue weighted by Crippen LogP contribution is 2.27. The van der Waals surface area contributed by atoms with Crippen LogP contribution in [0.25, 0.3) is 0 Å². The van der Waals surface area contributed by atoms with Gasteiger partial charge in [-0.1, -0.05) is 49.6 Å². The molecular weight excluding hydrogens is 226 g/mol. The van der Waals surface area contributed by atoms with Crippen molar-refractivity contribution in [2.24, 2.45) is 0 Å². The van der Waals surface area contributed by atoms with Crippen LogP contribution in [-0.4, -0.2) is 17.5 Å². The molecule has 0 amide bonds. The third-order valence-electron chi connectivity index (χ3n) is 3.36. The van der Waals surface area contributed by atoms with Crippen molar-refractivity contribution in [2.45, 2.75) is 43.9 Å². The first-order valence-electron chi connectivity index (χ1n) is 6.81. The molecular formula is C15H23NS. The van der Waals surface area contributed by atoms with Gasteiger partial charge < -0.3 is 5.32 Å². The summed E-state index contributed by atoms with van der Waals surface area (Å²) in [6.07, 6.45) is 7.26. The molecule has 1 fully saturated rings. The zero-order valence-corrected chi connectivity index (χ0v) is 11.3. The van der Waals surface area contributed by atoms with Crippen LogP contribution in [0.15, 0.2) is 30.3 Å². The van der Waals surface area contributed by atoms with Crippen LogP contribution in [0.3, 0.4) is 0 Å². The van der Waals surface area contributed by atoms with Gasteiger partial charge in [-0.3, -0.25) is 0 Å². The molecule has 0 aromatic heterocycles. The van der Waals surface area contributed by atoms with E-state index in [-0.39, 0.29) is 0 Å². The summed E-state index contributed by atoms with van der Waals surface area (Å²) in [7, 11) is 0. The number of hydrogen-bond donors (Lipinski definition) is 1. The Morgan fingerprint density at radius 3 is 2.59 bits per heavy atom. The molecule has 1 aliphatic rings. The highest BCUT2D eigenvalue weighted by molar-refractivity contribution is 7.99. The van der Waals surface area contributed by atoms with Gasteiger partial charge in [0.15, 0.2) is 0 Å². The second-order valence-corrected chi connectivity index (χ2v) is 6.20. The lowest BCUT2D eigenvalue weighted by atomic mass is 10.0.